The van der Waals surface area contributed by atoms with Crippen LogP contribution < -0.4 is 4.72 Å². The Bertz CT molecular complexity index is 1980. The number of nitrogens with zero attached hydrogens (tertiary/aromatic N) is 6. The number of fused-ring (bicyclic) bond motifs is 2. The van der Waals surface area contributed by atoms with E-state index < -0.39 is 15.8 Å². The van der Waals surface area contributed by atoms with Gasteiger partial charge in [0, 0.05) is 37.1 Å². The Balaban J connectivity index is 1.44. The van der Waals surface area contributed by atoms with E-state index in [4.69, 9.17) is 4.98 Å². The van der Waals surface area contributed by atoms with Crippen molar-refractivity contribution in [3.63, 3.8) is 0 Å². The Morgan fingerprint density at radius 2 is 1.97 bits per heavy atom. The third kappa shape index (κ3) is 4.76. The van der Waals surface area contributed by atoms with Crippen molar-refractivity contribution in [2.45, 2.75) is 13.2 Å². The molecule has 5 aromatic heterocycles. The van der Waals surface area contributed by atoms with E-state index >= 15 is 0 Å². The van der Waals surface area contributed by atoms with Gasteiger partial charge in [-0.05, 0) is 47.5 Å². The second kappa shape index (κ2) is 9.34. The fourth-order valence-electron chi connectivity index (χ4n) is 4.47. The summed E-state index contributed by atoms with van der Waals surface area (Å²) in [5.74, 6) is -0.0973. The molecule has 0 saturated carbocycles. The maximum atomic E-state index is 14.5. The molecule has 6 aromatic rings. The van der Waals surface area contributed by atoms with Crippen LogP contribution in [0.4, 0.5) is 4.39 Å². The largest absolute Gasteiger partial charge is 0.390 e. The number of aliphatic hydroxyl groups is 1. The van der Waals surface area contributed by atoms with E-state index in [1.54, 1.807) is 36.3 Å². The predicted molar refractivity (Wildman–Crippen MR) is 142 cm³/mol. The standard InChI is InChI=1S/C25H22FN9O3S/c1-35-11-17(20(12-36)34-35)18-3-4-19-22(29-18)23(33-32-19)25-30-21-16(5-6-27-24(21)31-25)14-7-13(8-15(26)9-14)10-28-39(2,37)38/h3-9,11,28,36H,10,12H2,1-2H3,(H,32,33)(H,27,30,31). The molecule has 0 fully saturated rings. The molecule has 12 nitrogen and oxygen atoms in total. The molecular formula is C25H22FN9O3S. The van der Waals surface area contributed by atoms with Gasteiger partial charge in [0.15, 0.2) is 17.2 Å². The number of pyridine rings is 2. The molecule has 0 aliphatic heterocycles. The Hall–Kier alpha value is -4.53. The zero-order valence-electron chi connectivity index (χ0n) is 20.8. The quantitative estimate of drug-likeness (QED) is 0.237. The van der Waals surface area contributed by atoms with Gasteiger partial charge in [-0.2, -0.15) is 10.2 Å². The molecule has 0 atom stereocenters. The average molecular weight is 548 g/mol. The number of halogens is 1. The highest BCUT2D eigenvalue weighted by molar-refractivity contribution is 7.88. The first-order valence-electron chi connectivity index (χ1n) is 11.8. The number of rotatable bonds is 7. The van der Waals surface area contributed by atoms with Gasteiger partial charge in [-0.3, -0.25) is 9.78 Å². The Kier molecular flexibility index (Phi) is 5.94. The normalized spacial score (nSPS) is 12.1. The van der Waals surface area contributed by atoms with E-state index in [1.807, 2.05) is 12.1 Å². The maximum Gasteiger partial charge on any atom is 0.209 e. The predicted octanol–water partition coefficient (Wildman–Crippen LogP) is 2.64. The molecule has 198 valence electrons. The lowest BCUT2D eigenvalue weighted by molar-refractivity contribution is 0.276. The number of hydrogen-bond donors (Lipinski definition) is 4. The number of aromatic amines is 2. The molecule has 0 amide bonds. The molecular weight excluding hydrogens is 525 g/mol. The number of imidazole rings is 1. The zero-order valence-corrected chi connectivity index (χ0v) is 21.6. The average Bonchev–Trinajstić information content (AvgIpc) is 3.61. The fourth-order valence-corrected chi connectivity index (χ4v) is 4.89. The first-order valence-corrected chi connectivity index (χ1v) is 13.7. The molecule has 39 heavy (non-hydrogen) atoms. The van der Waals surface area contributed by atoms with Gasteiger partial charge in [0.25, 0.3) is 0 Å². The fraction of sp³-hybridized carbons (Fsp3) is 0.160. The van der Waals surface area contributed by atoms with Crippen LogP contribution in [0.15, 0.2) is 48.8 Å². The summed E-state index contributed by atoms with van der Waals surface area (Å²) in [6.45, 7) is -0.271. The van der Waals surface area contributed by atoms with Crippen molar-refractivity contribution in [1.82, 2.24) is 44.6 Å². The smallest absolute Gasteiger partial charge is 0.209 e. The van der Waals surface area contributed by atoms with E-state index in [9.17, 15) is 17.9 Å². The van der Waals surface area contributed by atoms with Gasteiger partial charge in [0.2, 0.25) is 10.0 Å². The molecule has 1 aromatic carbocycles. The van der Waals surface area contributed by atoms with Crippen LogP contribution in [0.2, 0.25) is 0 Å². The van der Waals surface area contributed by atoms with Crippen molar-refractivity contribution in [3.05, 3.63) is 65.9 Å². The van der Waals surface area contributed by atoms with Crippen LogP contribution in [0.25, 0.3) is 56.1 Å². The van der Waals surface area contributed by atoms with Crippen molar-refractivity contribution in [1.29, 1.82) is 0 Å². The van der Waals surface area contributed by atoms with Gasteiger partial charge in [-0.1, -0.05) is 0 Å². The molecule has 0 saturated heterocycles. The van der Waals surface area contributed by atoms with Crippen LogP contribution in [0.5, 0.6) is 0 Å². The number of aliphatic hydroxyl groups excluding tert-OH is 1. The van der Waals surface area contributed by atoms with Crippen LogP contribution in [0.1, 0.15) is 11.3 Å². The van der Waals surface area contributed by atoms with Gasteiger partial charge in [0.05, 0.1) is 35.3 Å². The zero-order chi connectivity index (χ0) is 27.3. The highest BCUT2D eigenvalue weighted by Gasteiger charge is 2.19. The highest BCUT2D eigenvalue weighted by atomic mass is 32.2. The molecule has 0 bridgehead atoms. The summed E-state index contributed by atoms with van der Waals surface area (Å²) in [7, 11) is -1.67. The second-order valence-corrected chi connectivity index (χ2v) is 10.9. The molecule has 6 rings (SSSR count). The van der Waals surface area contributed by atoms with Crippen LogP contribution in [-0.4, -0.2) is 59.7 Å². The Labute approximate surface area is 221 Å². The maximum absolute atomic E-state index is 14.5. The van der Waals surface area contributed by atoms with E-state index in [0.717, 1.165) is 6.26 Å². The number of aryl methyl sites for hydroxylation is 1. The van der Waals surface area contributed by atoms with Gasteiger partial charge in [-0.25, -0.2) is 32.5 Å². The van der Waals surface area contributed by atoms with Crippen LogP contribution in [-0.2, 0) is 30.2 Å². The Morgan fingerprint density at radius 3 is 2.77 bits per heavy atom. The molecule has 0 aliphatic rings. The van der Waals surface area contributed by atoms with E-state index in [1.165, 1.54) is 12.1 Å². The molecule has 0 radical (unpaired) electrons. The lowest BCUT2D eigenvalue weighted by Crippen LogP contribution is -2.21. The number of nitrogens with one attached hydrogen (secondary N) is 3. The highest BCUT2D eigenvalue weighted by Crippen LogP contribution is 2.32. The van der Waals surface area contributed by atoms with Gasteiger partial charge in [0.1, 0.15) is 11.3 Å². The third-order valence-corrected chi connectivity index (χ3v) is 6.83. The van der Waals surface area contributed by atoms with Crippen LogP contribution in [0.3, 0.4) is 0 Å². The minimum absolute atomic E-state index is 0.0474. The Morgan fingerprint density at radius 1 is 1.13 bits per heavy atom. The van der Waals surface area contributed by atoms with Gasteiger partial charge < -0.3 is 10.1 Å². The summed E-state index contributed by atoms with van der Waals surface area (Å²) >= 11 is 0. The summed E-state index contributed by atoms with van der Waals surface area (Å²) in [6, 6.07) is 9.74. The summed E-state index contributed by atoms with van der Waals surface area (Å²) in [5, 5.41) is 21.4. The molecule has 5 heterocycles. The third-order valence-electron chi connectivity index (χ3n) is 6.16. The lowest BCUT2D eigenvalue weighted by atomic mass is 10.0. The molecule has 0 spiro atoms. The summed E-state index contributed by atoms with van der Waals surface area (Å²) in [4.78, 5) is 17.0. The summed E-state index contributed by atoms with van der Waals surface area (Å²) < 4.78 is 41.5. The van der Waals surface area contributed by atoms with Crippen LogP contribution in [0, 0.1) is 5.82 Å². The van der Waals surface area contributed by atoms with Crippen molar-refractivity contribution in [2.75, 3.05) is 6.26 Å². The van der Waals surface area contributed by atoms with Crippen molar-refractivity contribution < 1.29 is 17.9 Å². The molecule has 0 unspecified atom stereocenters. The van der Waals surface area contributed by atoms with Crippen LogP contribution >= 0.6 is 0 Å². The summed E-state index contributed by atoms with van der Waals surface area (Å²) in [5.41, 5.74) is 6.11. The summed E-state index contributed by atoms with van der Waals surface area (Å²) in [6.07, 6.45) is 4.40. The topological polar surface area (TPSA) is 167 Å². The van der Waals surface area contributed by atoms with Gasteiger partial charge in [-0.15, -0.1) is 0 Å². The second-order valence-electron chi connectivity index (χ2n) is 9.07. The number of H-pyrrole nitrogens is 2. The number of benzene rings is 1. The van der Waals surface area contributed by atoms with Crippen molar-refractivity contribution >= 4 is 32.2 Å². The number of aromatic nitrogens is 8. The monoisotopic (exact) mass is 547 g/mol. The van der Waals surface area contributed by atoms with E-state index in [-0.39, 0.29) is 13.2 Å². The lowest BCUT2D eigenvalue weighted by Gasteiger charge is -2.08. The minimum Gasteiger partial charge on any atom is -0.390 e. The SMILES string of the molecule is Cn1cc(-c2ccc3[nH]nc(-c4nc5nccc(-c6cc(F)cc(CNS(C)(=O)=O)c6)c5[nH]4)c3n2)c(CO)n1. The number of sulfonamides is 1. The minimum atomic E-state index is -3.44. The molecule has 4 N–H and O–H groups in total. The van der Waals surface area contributed by atoms with E-state index in [0.29, 0.717) is 67.4 Å². The number of hydrogen-bond acceptors (Lipinski definition) is 8. The van der Waals surface area contributed by atoms with Crippen molar-refractivity contribution in [2.24, 2.45) is 7.05 Å². The first-order chi connectivity index (χ1) is 18.7. The van der Waals surface area contributed by atoms with Crippen molar-refractivity contribution in [3.8, 4) is 33.9 Å². The first kappa shape index (κ1) is 24.8. The van der Waals surface area contributed by atoms with E-state index in [2.05, 4.69) is 35.0 Å². The van der Waals surface area contributed by atoms with Gasteiger partial charge >= 0.3 is 0 Å². The molecule has 14 heteroatoms. The molecule has 0 aliphatic carbocycles.